The summed E-state index contributed by atoms with van der Waals surface area (Å²) in [5.41, 5.74) is -0.0487. The average molecular weight is 262 g/mol. The number of halogens is 3. The minimum absolute atomic E-state index is 0.000787. The first-order chi connectivity index (χ1) is 9.04. The molecule has 0 unspecified atom stereocenters. The van der Waals surface area contributed by atoms with E-state index in [2.05, 4.69) is 4.98 Å². The third-order valence-corrected chi connectivity index (χ3v) is 2.65. The summed E-state index contributed by atoms with van der Waals surface area (Å²) in [7, 11) is 0. The summed E-state index contributed by atoms with van der Waals surface area (Å²) in [6, 6.07) is 10.4. The molecule has 2 nitrogen and oxygen atoms in total. The van der Waals surface area contributed by atoms with Crippen molar-refractivity contribution in [3.8, 4) is 17.3 Å². The monoisotopic (exact) mass is 262 g/mol. The van der Waals surface area contributed by atoms with Crippen LogP contribution >= 0.6 is 0 Å². The molecule has 0 saturated carbocycles. The summed E-state index contributed by atoms with van der Waals surface area (Å²) in [6.07, 6.45) is -3.00. The Balaban J connectivity index is 2.64. The highest BCUT2D eigenvalue weighted by Gasteiger charge is 2.33. The maximum absolute atomic E-state index is 13.0. The van der Waals surface area contributed by atoms with E-state index in [1.807, 2.05) is 6.07 Å². The molecule has 1 aromatic heterocycles. The molecule has 0 aliphatic heterocycles. The smallest absolute Gasteiger partial charge is 0.256 e. The molecule has 0 amide bonds. The van der Waals surface area contributed by atoms with E-state index in [1.54, 1.807) is 12.1 Å². The number of alkyl halides is 3. The Hall–Kier alpha value is -2.35. The van der Waals surface area contributed by atoms with E-state index in [9.17, 15) is 13.2 Å². The van der Waals surface area contributed by atoms with Crippen LogP contribution in [0.3, 0.4) is 0 Å². The molecule has 0 bridgehead atoms. The summed E-state index contributed by atoms with van der Waals surface area (Å²) < 4.78 is 38.9. The lowest BCUT2D eigenvalue weighted by molar-refractivity contribution is -0.137. The van der Waals surface area contributed by atoms with Gasteiger partial charge in [-0.1, -0.05) is 24.3 Å². The van der Waals surface area contributed by atoms with Gasteiger partial charge in [0.05, 0.1) is 23.7 Å². The van der Waals surface area contributed by atoms with E-state index in [-0.39, 0.29) is 17.7 Å². The second-order valence-corrected chi connectivity index (χ2v) is 3.89. The van der Waals surface area contributed by atoms with Crippen molar-refractivity contribution in [2.75, 3.05) is 0 Å². The van der Waals surface area contributed by atoms with E-state index >= 15 is 0 Å². The van der Waals surface area contributed by atoms with Crippen LogP contribution in [-0.4, -0.2) is 4.98 Å². The minimum atomic E-state index is -4.45. The maximum Gasteiger partial charge on any atom is 0.417 e. The molecule has 0 radical (unpaired) electrons. The molecular formula is C14H9F3N2. The summed E-state index contributed by atoms with van der Waals surface area (Å²) in [4.78, 5) is 3.99. The van der Waals surface area contributed by atoms with Gasteiger partial charge in [-0.2, -0.15) is 18.4 Å². The number of hydrogen-bond donors (Lipinski definition) is 0. The van der Waals surface area contributed by atoms with Crippen molar-refractivity contribution >= 4 is 0 Å². The lowest BCUT2D eigenvalue weighted by Gasteiger charge is -2.13. The van der Waals surface area contributed by atoms with Gasteiger partial charge >= 0.3 is 6.18 Å². The molecule has 0 atom stereocenters. The van der Waals surface area contributed by atoms with Crippen molar-refractivity contribution in [2.24, 2.45) is 0 Å². The first-order valence-corrected chi connectivity index (χ1v) is 5.51. The van der Waals surface area contributed by atoms with Crippen LogP contribution in [0, 0.1) is 11.3 Å². The summed E-state index contributed by atoms with van der Waals surface area (Å²) >= 11 is 0. The van der Waals surface area contributed by atoms with E-state index in [1.165, 1.54) is 24.4 Å². The summed E-state index contributed by atoms with van der Waals surface area (Å²) in [6.45, 7) is 0. The lowest BCUT2D eigenvalue weighted by Crippen LogP contribution is -2.08. The van der Waals surface area contributed by atoms with Gasteiger partial charge in [-0.3, -0.25) is 4.98 Å². The molecular weight excluding hydrogens is 253 g/mol. The fraction of sp³-hybridized carbons (Fsp3) is 0.143. The second-order valence-electron chi connectivity index (χ2n) is 3.89. The molecule has 0 N–H and O–H groups in total. The highest BCUT2D eigenvalue weighted by molar-refractivity contribution is 5.67. The van der Waals surface area contributed by atoms with Crippen molar-refractivity contribution in [3.05, 3.63) is 53.7 Å². The SMILES string of the molecule is N#CCc1cccnc1-c1ccccc1C(F)(F)F. The predicted molar refractivity (Wildman–Crippen MR) is 64.0 cm³/mol. The second kappa shape index (κ2) is 5.11. The molecule has 96 valence electrons. The zero-order chi connectivity index (χ0) is 13.9. The Morgan fingerprint density at radius 1 is 1.11 bits per heavy atom. The molecule has 5 heteroatoms. The zero-order valence-corrected chi connectivity index (χ0v) is 9.78. The molecule has 0 aliphatic rings. The molecule has 19 heavy (non-hydrogen) atoms. The van der Waals surface area contributed by atoms with Gasteiger partial charge in [0.2, 0.25) is 0 Å². The van der Waals surface area contributed by atoms with Crippen LogP contribution in [0.2, 0.25) is 0 Å². The topological polar surface area (TPSA) is 36.7 Å². The van der Waals surface area contributed by atoms with Crippen LogP contribution in [0.15, 0.2) is 42.6 Å². The van der Waals surface area contributed by atoms with Crippen molar-refractivity contribution < 1.29 is 13.2 Å². The Morgan fingerprint density at radius 2 is 1.84 bits per heavy atom. The van der Waals surface area contributed by atoms with Gasteiger partial charge in [0.1, 0.15) is 0 Å². The van der Waals surface area contributed by atoms with Crippen LogP contribution < -0.4 is 0 Å². The zero-order valence-electron chi connectivity index (χ0n) is 9.78. The van der Waals surface area contributed by atoms with Crippen LogP contribution in [0.1, 0.15) is 11.1 Å². The van der Waals surface area contributed by atoms with E-state index in [4.69, 9.17) is 5.26 Å². The van der Waals surface area contributed by atoms with Crippen molar-refractivity contribution in [2.45, 2.75) is 12.6 Å². The molecule has 1 aromatic carbocycles. The fourth-order valence-corrected chi connectivity index (χ4v) is 1.85. The molecule has 2 rings (SSSR count). The lowest BCUT2D eigenvalue weighted by atomic mass is 9.99. The number of pyridine rings is 1. The van der Waals surface area contributed by atoms with E-state index < -0.39 is 11.7 Å². The van der Waals surface area contributed by atoms with Crippen LogP contribution in [0.5, 0.6) is 0 Å². The Kier molecular flexibility index (Phi) is 3.52. The van der Waals surface area contributed by atoms with Gasteiger partial charge in [-0.25, -0.2) is 0 Å². The highest BCUT2D eigenvalue weighted by atomic mass is 19.4. The maximum atomic E-state index is 13.0. The first-order valence-electron chi connectivity index (χ1n) is 5.51. The Morgan fingerprint density at radius 3 is 2.53 bits per heavy atom. The molecule has 0 aliphatic carbocycles. The number of nitrogens with zero attached hydrogens (tertiary/aromatic N) is 2. The van der Waals surface area contributed by atoms with Crippen molar-refractivity contribution in [1.29, 1.82) is 5.26 Å². The quantitative estimate of drug-likeness (QED) is 0.824. The predicted octanol–water partition coefficient (Wildman–Crippen LogP) is 3.83. The highest BCUT2D eigenvalue weighted by Crippen LogP contribution is 2.37. The van der Waals surface area contributed by atoms with Gasteiger partial charge < -0.3 is 0 Å². The normalized spacial score (nSPS) is 11.1. The number of aromatic nitrogens is 1. The standard InChI is InChI=1S/C14H9F3N2/c15-14(16,17)12-6-2-1-5-11(12)13-10(7-8-18)4-3-9-19-13/h1-6,9H,7H2. The number of benzene rings is 1. The number of hydrogen-bond acceptors (Lipinski definition) is 2. The third kappa shape index (κ3) is 2.74. The minimum Gasteiger partial charge on any atom is -0.256 e. The van der Waals surface area contributed by atoms with Crippen LogP contribution in [0.4, 0.5) is 13.2 Å². The van der Waals surface area contributed by atoms with E-state index in [0.717, 1.165) is 6.07 Å². The summed E-state index contributed by atoms with van der Waals surface area (Å²) in [5, 5.41) is 8.72. The molecule has 0 spiro atoms. The van der Waals surface area contributed by atoms with Gasteiger partial charge in [0.25, 0.3) is 0 Å². The molecule has 0 fully saturated rings. The van der Waals surface area contributed by atoms with Crippen LogP contribution in [0.25, 0.3) is 11.3 Å². The fourth-order valence-electron chi connectivity index (χ4n) is 1.85. The van der Waals surface area contributed by atoms with Crippen molar-refractivity contribution in [1.82, 2.24) is 4.98 Å². The van der Waals surface area contributed by atoms with E-state index in [0.29, 0.717) is 5.56 Å². The summed E-state index contributed by atoms with van der Waals surface area (Å²) in [5.74, 6) is 0. The molecule has 2 aromatic rings. The number of rotatable bonds is 2. The van der Waals surface area contributed by atoms with Gasteiger partial charge in [0.15, 0.2) is 0 Å². The molecule has 0 saturated heterocycles. The van der Waals surface area contributed by atoms with Gasteiger partial charge in [-0.15, -0.1) is 0 Å². The molecule has 1 heterocycles. The Labute approximate surface area is 108 Å². The van der Waals surface area contributed by atoms with Gasteiger partial charge in [0, 0.05) is 11.8 Å². The van der Waals surface area contributed by atoms with Crippen molar-refractivity contribution in [3.63, 3.8) is 0 Å². The number of nitriles is 1. The largest absolute Gasteiger partial charge is 0.417 e. The first kappa shape index (κ1) is 13.1. The van der Waals surface area contributed by atoms with Crippen LogP contribution in [-0.2, 0) is 12.6 Å². The third-order valence-electron chi connectivity index (χ3n) is 2.65. The average Bonchev–Trinajstić information content (AvgIpc) is 2.39. The van der Waals surface area contributed by atoms with Gasteiger partial charge in [-0.05, 0) is 17.7 Å². The Bertz CT molecular complexity index is 627.